The van der Waals surface area contributed by atoms with Crippen molar-refractivity contribution < 1.29 is 37.1 Å². The molecule has 0 aromatic heterocycles. The van der Waals surface area contributed by atoms with Crippen molar-refractivity contribution in [3.8, 4) is 0 Å². The molecule has 12 heteroatoms. The molecule has 1 aliphatic heterocycles. The predicted molar refractivity (Wildman–Crippen MR) is 56.9 cm³/mol. The molecule has 1 heterocycles. The molecule has 0 spiro atoms. The lowest BCUT2D eigenvalue weighted by Gasteiger charge is -2.29. The van der Waals surface area contributed by atoms with E-state index in [1.807, 2.05) is 0 Å². The Morgan fingerprint density at radius 2 is 1.29 bits per heavy atom. The number of hydrogen-bond acceptors (Lipinski definition) is 5. The van der Waals surface area contributed by atoms with Gasteiger partial charge in [-0.05, 0) is 0 Å². The van der Waals surface area contributed by atoms with Gasteiger partial charge in [0.15, 0.2) is 9.84 Å². The molecule has 0 saturated carbocycles. The number of rotatable bonds is 3. The molecule has 0 saturated heterocycles. The van der Waals surface area contributed by atoms with Crippen molar-refractivity contribution >= 4 is 25.0 Å². The number of sulfone groups is 1. The highest BCUT2D eigenvalue weighted by Gasteiger charge is 2.47. The summed E-state index contributed by atoms with van der Waals surface area (Å²) in [7, 11) is -13.9. The Morgan fingerprint density at radius 1 is 0.941 bits per heavy atom. The van der Waals surface area contributed by atoms with Gasteiger partial charge in [-0.3, -0.25) is 9.13 Å². The Labute approximate surface area is 96.3 Å². The van der Waals surface area contributed by atoms with Gasteiger partial charge < -0.3 is 24.5 Å². The first kappa shape index (κ1) is 14.6. The highest BCUT2D eigenvalue weighted by Crippen LogP contribution is 2.61. The molecule has 0 radical (unpaired) electrons. The average molecular weight is 305 g/mol. The Balaban J connectivity index is 3.18. The fourth-order valence-electron chi connectivity index (χ4n) is 1.10. The normalized spacial score (nSPS) is 19.9. The largest absolute Gasteiger partial charge is 0.360 e. The van der Waals surface area contributed by atoms with Crippen molar-refractivity contribution in [2.24, 2.45) is 0 Å². The van der Waals surface area contributed by atoms with Crippen molar-refractivity contribution in [2.45, 2.75) is 5.52 Å². The number of nitrogens with zero attached hydrogens (tertiary/aromatic N) is 1. The second kappa shape index (κ2) is 4.33. The van der Waals surface area contributed by atoms with Crippen LogP contribution in [0.3, 0.4) is 0 Å². The predicted octanol–water partition coefficient (Wildman–Crippen LogP) is -0.702. The molecule has 0 aromatic carbocycles. The lowest BCUT2D eigenvalue weighted by atomic mass is 10.7. The number of hydrogen-bond donors (Lipinski definition) is 4. The van der Waals surface area contributed by atoms with Gasteiger partial charge in [-0.1, -0.05) is 0 Å². The van der Waals surface area contributed by atoms with Crippen molar-refractivity contribution in [3.63, 3.8) is 0 Å². The molecule has 0 bridgehead atoms. The Bertz CT molecular complexity index is 510. The van der Waals surface area contributed by atoms with Gasteiger partial charge in [0.2, 0.25) is 5.52 Å². The van der Waals surface area contributed by atoms with Crippen LogP contribution in [0.1, 0.15) is 0 Å². The van der Waals surface area contributed by atoms with Crippen LogP contribution in [0.4, 0.5) is 0 Å². The van der Waals surface area contributed by atoms with Crippen LogP contribution in [0, 0.1) is 0 Å². The first-order chi connectivity index (χ1) is 7.43. The van der Waals surface area contributed by atoms with Gasteiger partial charge in [0.05, 0.1) is 10.8 Å². The Kier molecular flexibility index (Phi) is 3.71. The van der Waals surface area contributed by atoms with Gasteiger partial charge in [0, 0.05) is 12.4 Å². The van der Waals surface area contributed by atoms with Crippen molar-refractivity contribution in [1.29, 1.82) is 0 Å². The zero-order valence-electron chi connectivity index (χ0n) is 8.06. The third-order valence-corrected chi connectivity index (χ3v) is 6.26. The molecule has 0 fully saturated rings. The van der Waals surface area contributed by atoms with Crippen LogP contribution in [0.5, 0.6) is 0 Å². The van der Waals surface area contributed by atoms with Crippen molar-refractivity contribution in [3.05, 3.63) is 23.2 Å². The second-order valence-corrected chi connectivity index (χ2v) is 8.60. The molecule has 1 aliphatic rings. The van der Waals surface area contributed by atoms with E-state index >= 15 is 0 Å². The van der Waals surface area contributed by atoms with E-state index in [1.54, 1.807) is 0 Å². The topological polar surface area (TPSA) is 152 Å². The maximum absolute atomic E-state index is 11.0. The van der Waals surface area contributed by atoms with Crippen molar-refractivity contribution in [2.75, 3.05) is 0 Å². The molecule has 9 nitrogen and oxygen atoms in total. The molecule has 0 atom stereocenters. The van der Waals surface area contributed by atoms with E-state index in [1.165, 1.54) is 0 Å². The van der Waals surface area contributed by atoms with Crippen LogP contribution in [-0.2, 0) is 19.0 Å². The molecule has 17 heavy (non-hydrogen) atoms. The lowest BCUT2D eigenvalue weighted by molar-refractivity contribution is 0.301. The minimum absolute atomic E-state index is 0.475. The summed E-state index contributed by atoms with van der Waals surface area (Å²) in [5.41, 5.74) is -2.43. The fourth-order valence-corrected chi connectivity index (χ4v) is 4.38. The first-order valence-corrected chi connectivity index (χ1v) is 8.90. The van der Waals surface area contributed by atoms with Gasteiger partial charge >= 0.3 is 15.2 Å². The molecular weight excluding hydrogens is 296 g/mol. The Hall–Kier alpha value is -0.470. The van der Waals surface area contributed by atoms with Gasteiger partial charge in [-0.25, -0.2) is 8.42 Å². The standard InChI is InChI=1S/C5H9NO8P2S/c7-15(8,9)5(16(10,11)12)6-1-3-17(13,14)4-2-6/h1-5H,(H2,7,8,9)(H2,10,11,12). The van der Waals surface area contributed by atoms with E-state index in [4.69, 9.17) is 19.6 Å². The molecule has 0 unspecified atom stereocenters. The van der Waals surface area contributed by atoms with Crippen LogP contribution in [0.25, 0.3) is 0 Å². The van der Waals surface area contributed by atoms with E-state index in [2.05, 4.69) is 0 Å². The van der Waals surface area contributed by atoms with E-state index in [0.717, 1.165) is 0 Å². The molecule has 4 N–H and O–H groups in total. The first-order valence-electron chi connectivity index (χ1n) is 3.93. The molecule has 1 rings (SSSR count). The van der Waals surface area contributed by atoms with Gasteiger partial charge in [0.25, 0.3) is 0 Å². The molecule has 98 valence electrons. The summed E-state index contributed by atoms with van der Waals surface area (Å²) in [5.74, 6) is 0. The van der Waals surface area contributed by atoms with Gasteiger partial charge in [0.1, 0.15) is 0 Å². The third kappa shape index (κ3) is 3.75. The highest BCUT2D eigenvalue weighted by molar-refractivity contribution is 7.97. The van der Waals surface area contributed by atoms with Crippen LogP contribution >= 0.6 is 15.2 Å². The van der Waals surface area contributed by atoms with E-state index < -0.39 is 30.6 Å². The smallest absolute Gasteiger partial charge is 0.328 e. The summed E-state index contributed by atoms with van der Waals surface area (Å²) in [4.78, 5) is 35.9. The molecule has 0 aliphatic carbocycles. The van der Waals surface area contributed by atoms with Gasteiger partial charge in [-0.15, -0.1) is 0 Å². The van der Waals surface area contributed by atoms with E-state index in [0.29, 0.717) is 28.1 Å². The maximum atomic E-state index is 11.0. The summed E-state index contributed by atoms with van der Waals surface area (Å²) < 4.78 is 43.8. The average Bonchev–Trinajstić information content (AvgIpc) is 2.03. The van der Waals surface area contributed by atoms with Crippen molar-refractivity contribution in [1.82, 2.24) is 4.90 Å². The van der Waals surface area contributed by atoms with Crippen LogP contribution in [0.2, 0.25) is 0 Å². The minimum atomic E-state index is -5.14. The Morgan fingerprint density at radius 3 is 1.59 bits per heavy atom. The van der Waals surface area contributed by atoms with Crippen LogP contribution in [-0.4, -0.2) is 38.4 Å². The molecule has 0 amide bonds. The lowest BCUT2D eigenvalue weighted by Crippen LogP contribution is -2.28. The van der Waals surface area contributed by atoms with Gasteiger partial charge in [-0.2, -0.15) is 0 Å². The zero-order valence-corrected chi connectivity index (χ0v) is 10.7. The molecular formula is C5H9NO8P2S. The minimum Gasteiger partial charge on any atom is -0.328 e. The summed E-state index contributed by atoms with van der Waals surface area (Å²) in [6, 6.07) is 0. The SMILES string of the molecule is O=P(O)(O)C(N1C=CS(=O)(=O)C=C1)P(=O)(O)O. The summed E-state index contributed by atoms with van der Waals surface area (Å²) >= 11 is 0. The fraction of sp³-hybridized carbons (Fsp3) is 0.200. The van der Waals surface area contributed by atoms with Crippen LogP contribution in [0.15, 0.2) is 23.2 Å². The van der Waals surface area contributed by atoms with Crippen LogP contribution < -0.4 is 0 Å². The summed E-state index contributed by atoms with van der Waals surface area (Å²) in [6.07, 6.45) is 1.36. The summed E-state index contributed by atoms with van der Waals surface area (Å²) in [6.45, 7) is 0. The summed E-state index contributed by atoms with van der Waals surface area (Å²) in [5, 5.41) is 1.15. The molecule has 0 aromatic rings. The maximum Gasteiger partial charge on any atom is 0.360 e. The monoisotopic (exact) mass is 305 g/mol. The zero-order chi connectivity index (χ0) is 13.5. The quantitative estimate of drug-likeness (QED) is 0.495. The van der Waals surface area contributed by atoms with E-state index in [-0.39, 0.29) is 0 Å². The highest BCUT2D eigenvalue weighted by atomic mass is 32.2. The second-order valence-electron chi connectivity index (χ2n) is 3.13. The third-order valence-electron chi connectivity index (χ3n) is 1.71. The van der Waals surface area contributed by atoms with E-state index in [9.17, 15) is 17.5 Å².